The highest BCUT2D eigenvalue weighted by atomic mass is 33.1. The van der Waals surface area contributed by atoms with Crippen molar-refractivity contribution < 1.29 is 19.1 Å². The second-order valence-electron chi connectivity index (χ2n) is 3.42. The van der Waals surface area contributed by atoms with Crippen LogP contribution < -0.4 is 0 Å². The number of esters is 2. The third-order valence-electron chi connectivity index (χ3n) is 1.93. The van der Waals surface area contributed by atoms with Crippen LogP contribution in [0.2, 0.25) is 0 Å². The van der Waals surface area contributed by atoms with Crippen molar-refractivity contribution in [3.8, 4) is 0 Å². The molecule has 0 spiro atoms. The molecule has 0 aromatic rings. The van der Waals surface area contributed by atoms with E-state index in [0.29, 0.717) is 11.5 Å². The first-order chi connectivity index (χ1) is 7.52. The predicted molar refractivity (Wildman–Crippen MR) is 67.3 cm³/mol. The van der Waals surface area contributed by atoms with E-state index in [1.54, 1.807) is 21.6 Å². The van der Waals surface area contributed by atoms with Gasteiger partial charge in [-0.25, -0.2) is 0 Å². The van der Waals surface area contributed by atoms with Crippen molar-refractivity contribution in [2.75, 3.05) is 25.7 Å². The Morgan fingerprint density at radius 2 is 1.25 bits per heavy atom. The van der Waals surface area contributed by atoms with E-state index in [1.807, 2.05) is 13.8 Å². The largest absolute Gasteiger partial charge is 0.469 e. The number of ether oxygens (including phenoxy) is 2. The molecule has 0 fully saturated rings. The summed E-state index contributed by atoms with van der Waals surface area (Å²) >= 11 is 0. The van der Waals surface area contributed by atoms with Crippen molar-refractivity contribution in [1.82, 2.24) is 0 Å². The summed E-state index contributed by atoms with van der Waals surface area (Å²) in [5.74, 6) is 0.742. The molecule has 0 radical (unpaired) electrons. The van der Waals surface area contributed by atoms with Gasteiger partial charge in [0.15, 0.2) is 0 Å². The van der Waals surface area contributed by atoms with Crippen molar-refractivity contribution in [2.24, 2.45) is 11.8 Å². The van der Waals surface area contributed by atoms with E-state index >= 15 is 0 Å². The average Bonchev–Trinajstić information content (AvgIpc) is 2.31. The maximum Gasteiger partial charge on any atom is 0.309 e. The summed E-state index contributed by atoms with van der Waals surface area (Å²) in [7, 11) is 5.91. The fourth-order valence-corrected chi connectivity index (χ4v) is 3.51. The minimum absolute atomic E-state index is 0.115. The normalized spacial score (nSPS) is 14.0. The number of methoxy groups -OCH3 is 2. The molecule has 0 aliphatic rings. The zero-order valence-electron chi connectivity index (χ0n) is 10.0. The number of hydrogen-bond donors (Lipinski definition) is 0. The standard InChI is InChI=1S/C10H18O4S2/c1-7(9(11)13-3)5-15-16-6-8(2)10(12)14-4/h7-8H,5-6H2,1-4H3/t7-,8+. The Morgan fingerprint density at radius 3 is 1.50 bits per heavy atom. The van der Waals surface area contributed by atoms with Gasteiger partial charge in [-0.2, -0.15) is 0 Å². The minimum atomic E-state index is -0.200. The molecule has 94 valence electrons. The Balaban J connectivity index is 3.60. The Hall–Kier alpha value is -0.360. The van der Waals surface area contributed by atoms with Crippen molar-refractivity contribution in [2.45, 2.75) is 13.8 Å². The molecule has 0 saturated carbocycles. The van der Waals surface area contributed by atoms with E-state index in [0.717, 1.165) is 0 Å². The van der Waals surface area contributed by atoms with Gasteiger partial charge in [0, 0.05) is 11.5 Å². The lowest BCUT2D eigenvalue weighted by Crippen LogP contribution is -2.16. The van der Waals surface area contributed by atoms with Crippen LogP contribution >= 0.6 is 21.6 Å². The van der Waals surface area contributed by atoms with Crippen LogP contribution in [0.25, 0.3) is 0 Å². The lowest BCUT2D eigenvalue weighted by molar-refractivity contribution is -0.144. The molecule has 0 bridgehead atoms. The van der Waals surface area contributed by atoms with Crippen LogP contribution in [0, 0.1) is 11.8 Å². The lowest BCUT2D eigenvalue weighted by Gasteiger charge is -2.10. The van der Waals surface area contributed by atoms with E-state index in [-0.39, 0.29) is 23.8 Å². The van der Waals surface area contributed by atoms with Gasteiger partial charge in [-0.1, -0.05) is 35.4 Å². The molecule has 4 nitrogen and oxygen atoms in total. The Labute approximate surface area is 104 Å². The Bertz CT molecular complexity index is 209. The fraction of sp³-hybridized carbons (Fsp3) is 0.800. The predicted octanol–water partition coefficient (Wildman–Crippen LogP) is 1.99. The molecule has 2 atom stereocenters. The topological polar surface area (TPSA) is 52.6 Å². The molecule has 0 rings (SSSR count). The van der Waals surface area contributed by atoms with Crippen LogP contribution in [0.5, 0.6) is 0 Å². The van der Waals surface area contributed by atoms with Gasteiger partial charge in [-0.15, -0.1) is 0 Å². The third-order valence-corrected chi connectivity index (χ3v) is 4.68. The highest BCUT2D eigenvalue weighted by Gasteiger charge is 2.15. The molecule has 16 heavy (non-hydrogen) atoms. The molecular weight excluding hydrogens is 248 g/mol. The van der Waals surface area contributed by atoms with Crippen LogP contribution in [-0.4, -0.2) is 37.7 Å². The summed E-state index contributed by atoms with van der Waals surface area (Å²) in [6.07, 6.45) is 0. The van der Waals surface area contributed by atoms with Crippen molar-refractivity contribution in [3.63, 3.8) is 0 Å². The van der Waals surface area contributed by atoms with Gasteiger partial charge in [-0.05, 0) is 0 Å². The number of carbonyl (C=O) groups excluding carboxylic acids is 2. The maximum absolute atomic E-state index is 11.1. The van der Waals surface area contributed by atoms with Crippen LogP contribution in [-0.2, 0) is 19.1 Å². The molecule has 6 heteroatoms. The quantitative estimate of drug-likeness (QED) is 0.399. The summed E-state index contributed by atoms with van der Waals surface area (Å²) < 4.78 is 9.22. The van der Waals surface area contributed by atoms with E-state index in [2.05, 4.69) is 9.47 Å². The van der Waals surface area contributed by atoms with Gasteiger partial charge < -0.3 is 9.47 Å². The van der Waals surface area contributed by atoms with Crippen molar-refractivity contribution >= 4 is 33.5 Å². The summed E-state index contributed by atoms with van der Waals surface area (Å²) in [6, 6.07) is 0. The first-order valence-electron chi connectivity index (χ1n) is 4.93. The molecule has 0 amide bonds. The van der Waals surface area contributed by atoms with Gasteiger partial charge >= 0.3 is 11.9 Å². The summed E-state index contributed by atoms with van der Waals surface area (Å²) in [4.78, 5) is 22.2. The Kier molecular flexibility index (Phi) is 8.56. The molecule has 0 aromatic carbocycles. The van der Waals surface area contributed by atoms with E-state index in [4.69, 9.17) is 0 Å². The summed E-state index contributed by atoms with van der Waals surface area (Å²) in [6.45, 7) is 3.65. The summed E-state index contributed by atoms with van der Waals surface area (Å²) in [5, 5.41) is 0. The molecular formula is C10H18O4S2. The average molecular weight is 266 g/mol. The van der Waals surface area contributed by atoms with E-state index in [9.17, 15) is 9.59 Å². The zero-order valence-corrected chi connectivity index (χ0v) is 11.7. The Morgan fingerprint density at radius 1 is 0.938 bits per heavy atom. The summed E-state index contributed by atoms with van der Waals surface area (Å²) in [5.41, 5.74) is 0. The maximum atomic E-state index is 11.1. The van der Waals surface area contributed by atoms with Crippen LogP contribution in [0.4, 0.5) is 0 Å². The number of carbonyl (C=O) groups is 2. The highest BCUT2D eigenvalue weighted by molar-refractivity contribution is 8.76. The molecule has 0 heterocycles. The highest BCUT2D eigenvalue weighted by Crippen LogP contribution is 2.26. The van der Waals surface area contributed by atoms with Crippen LogP contribution in [0.1, 0.15) is 13.8 Å². The zero-order chi connectivity index (χ0) is 12.6. The van der Waals surface area contributed by atoms with Gasteiger partial charge in [-0.3, -0.25) is 9.59 Å². The van der Waals surface area contributed by atoms with Crippen LogP contribution in [0.15, 0.2) is 0 Å². The van der Waals surface area contributed by atoms with Gasteiger partial charge in [0.05, 0.1) is 26.1 Å². The minimum Gasteiger partial charge on any atom is -0.469 e. The van der Waals surface area contributed by atoms with Gasteiger partial charge in [0.25, 0.3) is 0 Å². The SMILES string of the molecule is COC(=O)[C@H](C)CSSC[C@H](C)C(=O)OC. The second kappa shape index (κ2) is 8.75. The van der Waals surface area contributed by atoms with E-state index in [1.165, 1.54) is 14.2 Å². The molecule has 0 aromatic heterocycles. The first kappa shape index (κ1) is 15.6. The number of rotatable bonds is 7. The third kappa shape index (κ3) is 6.27. The molecule has 0 unspecified atom stereocenters. The van der Waals surface area contributed by atoms with Gasteiger partial charge in [0.1, 0.15) is 0 Å². The van der Waals surface area contributed by atoms with Gasteiger partial charge in [0.2, 0.25) is 0 Å². The monoisotopic (exact) mass is 266 g/mol. The fourth-order valence-electron chi connectivity index (χ4n) is 0.839. The molecule has 0 aliphatic carbocycles. The molecule has 0 N–H and O–H groups in total. The van der Waals surface area contributed by atoms with Crippen LogP contribution in [0.3, 0.4) is 0 Å². The van der Waals surface area contributed by atoms with Crippen molar-refractivity contribution in [3.05, 3.63) is 0 Å². The second-order valence-corrected chi connectivity index (χ2v) is 5.97. The lowest BCUT2D eigenvalue weighted by atomic mass is 10.2. The number of hydrogen-bond acceptors (Lipinski definition) is 6. The first-order valence-corrected chi connectivity index (χ1v) is 7.41. The smallest absolute Gasteiger partial charge is 0.309 e. The van der Waals surface area contributed by atoms with E-state index < -0.39 is 0 Å². The van der Waals surface area contributed by atoms with Crippen molar-refractivity contribution in [1.29, 1.82) is 0 Å². The molecule has 0 saturated heterocycles. The molecule has 0 aliphatic heterocycles.